The largest absolute Gasteiger partial charge is 0.508 e. The van der Waals surface area contributed by atoms with Gasteiger partial charge in [-0.05, 0) is 6.07 Å². The predicted octanol–water partition coefficient (Wildman–Crippen LogP) is 1.71. The molecule has 0 saturated heterocycles. The maximum Gasteiger partial charge on any atom is 0.403 e. The number of hydrogen-bond acceptors (Lipinski definition) is 3. The molecule has 0 aliphatic carbocycles. The molecule has 90 valence electrons. The monoisotopic (exact) mass is 235 g/mol. The van der Waals surface area contributed by atoms with Gasteiger partial charge in [0.15, 0.2) is 0 Å². The van der Waals surface area contributed by atoms with Gasteiger partial charge >= 0.3 is 6.18 Å². The third kappa shape index (κ3) is 3.11. The first-order valence-electron chi connectivity index (χ1n) is 4.60. The first-order valence-corrected chi connectivity index (χ1v) is 4.60. The van der Waals surface area contributed by atoms with Gasteiger partial charge in [0, 0.05) is 12.0 Å². The maximum absolute atomic E-state index is 12.1. The number of hydrogen-bond donors (Lipinski definition) is 3. The zero-order valence-electron chi connectivity index (χ0n) is 8.28. The van der Waals surface area contributed by atoms with Crippen molar-refractivity contribution in [2.24, 2.45) is 5.73 Å². The number of phenols is 1. The van der Waals surface area contributed by atoms with Crippen LogP contribution >= 0.6 is 0 Å². The number of nitrogens with two attached hydrogens (primary N) is 1. The van der Waals surface area contributed by atoms with Crippen molar-refractivity contribution < 1.29 is 23.4 Å². The second kappa shape index (κ2) is 4.71. The number of aliphatic hydroxyl groups excluding tert-OH is 1. The Morgan fingerprint density at radius 2 is 1.81 bits per heavy atom. The quantitative estimate of drug-likeness (QED) is 0.747. The SMILES string of the molecule is N[C@@H](C[C@H](O)c1ccccc1O)C(F)(F)F. The summed E-state index contributed by atoms with van der Waals surface area (Å²) in [6.07, 6.45) is -6.66. The molecule has 6 heteroatoms. The number of benzene rings is 1. The molecular weight excluding hydrogens is 223 g/mol. The highest BCUT2D eigenvalue weighted by Crippen LogP contribution is 2.30. The summed E-state index contributed by atoms with van der Waals surface area (Å²) < 4.78 is 36.4. The molecule has 0 fully saturated rings. The van der Waals surface area contributed by atoms with E-state index in [1.165, 1.54) is 24.3 Å². The fourth-order valence-electron chi connectivity index (χ4n) is 1.27. The minimum atomic E-state index is -4.55. The molecule has 0 heterocycles. The van der Waals surface area contributed by atoms with E-state index in [1.54, 1.807) is 0 Å². The van der Waals surface area contributed by atoms with E-state index in [9.17, 15) is 23.4 Å². The standard InChI is InChI=1S/C10H12F3NO2/c11-10(12,13)9(14)5-8(16)6-3-1-2-4-7(6)15/h1-4,8-9,15-16H,5,14H2/t8-,9-/m0/s1. The Morgan fingerprint density at radius 1 is 1.25 bits per heavy atom. The van der Waals surface area contributed by atoms with Gasteiger partial charge in [-0.3, -0.25) is 0 Å². The molecule has 0 radical (unpaired) electrons. The zero-order valence-corrected chi connectivity index (χ0v) is 8.28. The molecule has 1 rings (SSSR count). The molecule has 0 unspecified atom stereocenters. The molecule has 16 heavy (non-hydrogen) atoms. The summed E-state index contributed by atoms with van der Waals surface area (Å²) in [5.41, 5.74) is 4.92. The number of aliphatic hydroxyl groups is 1. The molecule has 1 aromatic carbocycles. The Labute approximate surface area is 90.3 Å². The van der Waals surface area contributed by atoms with Gasteiger partial charge in [-0.1, -0.05) is 18.2 Å². The van der Waals surface area contributed by atoms with Crippen molar-refractivity contribution in [1.29, 1.82) is 0 Å². The lowest BCUT2D eigenvalue weighted by molar-refractivity contribution is -0.153. The van der Waals surface area contributed by atoms with Crippen LogP contribution in [0.1, 0.15) is 18.1 Å². The van der Waals surface area contributed by atoms with Crippen LogP contribution in [-0.4, -0.2) is 22.4 Å². The number of rotatable bonds is 3. The topological polar surface area (TPSA) is 66.5 Å². The minimum Gasteiger partial charge on any atom is -0.508 e. The summed E-state index contributed by atoms with van der Waals surface area (Å²) in [4.78, 5) is 0. The average molecular weight is 235 g/mol. The summed E-state index contributed by atoms with van der Waals surface area (Å²) in [6.45, 7) is 0. The van der Waals surface area contributed by atoms with E-state index in [0.29, 0.717) is 0 Å². The lowest BCUT2D eigenvalue weighted by Gasteiger charge is -2.19. The zero-order chi connectivity index (χ0) is 12.3. The van der Waals surface area contributed by atoms with Crippen molar-refractivity contribution in [2.45, 2.75) is 24.7 Å². The van der Waals surface area contributed by atoms with Crippen LogP contribution in [0.5, 0.6) is 5.75 Å². The average Bonchev–Trinajstić information content (AvgIpc) is 2.16. The molecule has 0 bridgehead atoms. The van der Waals surface area contributed by atoms with E-state index in [4.69, 9.17) is 5.73 Å². The number of aromatic hydroxyl groups is 1. The van der Waals surface area contributed by atoms with E-state index < -0.39 is 24.7 Å². The Kier molecular flexibility index (Phi) is 3.77. The van der Waals surface area contributed by atoms with Crippen LogP contribution in [0, 0.1) is 0 Å². The summed E-state index contributed by atoms with van der Waals surface area (Å²) in [5.74, 6) is -0.246. The molecule has 0 aromatic heterocycles. The number of para-hydroxylation sites is 1. The van der Waals surface area contributed by atoms with E-state index in [2.05, 4.69) is 0 Å². The Balaban J connectivity index is 2.73. The minimum absolute atomic E-state index is 0.0437. The van der Waals surface area contributed by atoms with Gasteiger partial charge in [0.1, 0.15) is 11.8 Å². The van der Waals surface area contributed by atoms with Crippen molar-refractivity contribution in [3.8, 4) is 5.75 Å². The fraction of sp³-hybridized carbons (Fsp3) is 0.400. The summed E-state index contributed by atoms with van der Waals surface area (Å²) in [6, 6.07) is 3.55. The molecule has 2 atom stereocenters. The van der Waals surface area contributed by atoms with E-state index in [0.717, 1.165) is 0 Å². The first kappa shape index (κ1) is 12.8. The van der Waals surface area contributed by atoms with Crippen molar-refractivity contribution in [1.82, 2.24) is 0 Å². The van der Waals surface area contributed by atoms with Gasteiger partial charge < -0.3 is 15.9 Å². The summed E-state index contributed by atoms with van der Waals surface area (Å²) in [7, 11) is 0. The molecule has 1 aromatic rings. The maximum atomic E-state index is 12.1. The second-order valence-corrected chi connectivity index (χ2v) is 3.46. The normalized spacial score (nSPS) is 15.8. The summed E-state index contributed by atoms with van der Waals surface area (Å²) >= 11 is 0. The number of halogens is 3. The van der Waals surface area contributed by atoms with Crippen molar-refractivity contribution in [3.63, 3.8) is 0 Å². The van der Waals surface area contributed by atoms with Crippen LogP contribution in [0.3, 0.4) is 0 Å². The summed E-state index contributed by atoms with van der Waals surface area (Å²) in [5, 5.41) is 18.8. The van der Waals surface area contributed by atoms with E-state index in [-0.39, 0.29) is 11.3 Å². The lowest BCUT2D eigenvalue weighted by atomic mass is 10.0. The number of phenolic OH excluding ortho intramolecular Hbond substituents is 1. The Hall–Kier alpha value is -1.27. The highest BCUT2D eigenvalue weighted by atomic mass is 19.4. The molecule has 0 aliphatic rings. The highest BCUT2D eigenvalue weighted by molar-refractivity contribution is 5.33. The molecule has 3 nitrogen and oxygen atoms in total. The third-order valence-electron chi connectivity index (χ3n) is 2.19. The van der Waals surface area contributed by atoms with Gasteiger partial charge in [0.2, 0.25) is 0 Å². The van der Waals surface area contributed by atoms with Gasteiger partial charge in [-0.15, -0.1) is 0 Å². The first-order chi connectivity index (χ1) is 7.32. The smallest absolute Gasteiger partial charge is 0.403 e. The predicted molar refractivity (Wildman–Crippen MR) is 51.7 cm³/mol. The van der Waals surface area contributed by atoms with E-state index in [1.807, 2.05) is 0 Å². The van der Waals surface area contributed by atoms with E-state index >= 15 is 0 Å². The Morgan fingerprint density at radius 3 is 2.31 bits per heavy atom. The lowest BCUT2D eigenvalue weighted by Crippen LogP contribution is -2.38. The second-order valence-electron chi connectivity index (χ2n) is 3.46. The molecule has 4 N–H and O–H groups in total. The van der Waals surface area contributed by atoms with Crippen LogP contribution in [0.15, 0.2) is 24.3 Å². The fourth-order valence-corrected chi connectivity index (χ4v) is 1.27. The molecule has 0 spiro atoms. The van der Waals surface area contributed by atoms with Crippen LogP contribution in [0.2, 0.25) is 0 Å². The Bertz CT molecular complexity index is 354. The van der Waals surface area contributed by atoms with Gasteiger partial charge in [0.05, 0.1) is 6.10 Å². The van der Waals surface area contributed by atoms with Crippen molar-refractivity contribution in [2.75, 3.05) is 0 Å². The molecule has 0 saturated carbocycles. The third-order valence-corrected chi connectivity index (χ3v) is 2.19. The van der Waals surface area contributed by atoms with Crippen LogP contribution in [-0.2, 0) is 0 Å². The van der Waals surface area contributed by atoms with Crippen LogP contribution < -0.4 is 5.73 Å². The van der Waals surface area contributed by atoms with Crippen LogP contribution in [0.4, 0.5) is 13.2 Å². The molecule has 0 aliphatic heterocycles. The van der Waals surface area contributed by atoms with Gasteiger partial charge in [0.25, 0.3) is 0 Å². The number of alkyl halides is 3. The van der Waals surface area contributed by atoms with Crippen molar-refractivity contribution >= 4 is 0 Å². The van der Waals surface area contributed by atoms with Crippen molar-refractivity contribution in [3.05, 3.63) is 29.8 Å². The highest BCUT2D eigenvalue weighted by Gasteiger charge is 2.38. The molecule has 0 amide bonds. The molecular formula is C10H12F3NO2. The van der Waals surface area contributed by atoms with Gasteiger partial charge in [-0.2, -0.15) is 13.2 Å². The van der Waals surface area contributed by atoms with Crippen LogP contribution in [0.25, 0.3) is 0 Å². The van der Waals surface area contributed by atoms with Gasteiger partial charge in [-0.25, -0.2) is 0 Å².